The van der Waals surface area contributed by atoms with Gasteiger partial charge in [0.05, 0.1) is 0 Å². The van der Waals surface area contributed by atoms with Gasteiger partial charge in [-0.05, 0) is 48.9 Å². The Morgan fingerprint density at radius 2 is 1.75 bits per heavy atom. The normalized spacial score (nSPS) is 12.9. The van der Waals surface area contributed by atoms with Crippen molar-refractivity contribution >= 4 is 0 Å². The maximum Gasteiger partial charge on any atom is 0.0236 e. The summed E-state index contributed by atoms with van der Waals surface area (Å²) in [6, 6.07) is 6.79. The smallest absolute Gasteiger partial charge is 0.0236 e. The minimum atomic E-state index is 0.856. The highest BCUT2D eigenvalue weighted by molar-refractivity contribution is 5.34. The Morgan fingerprint density at radius 3 is 2.30 bits per heavy atom. The molecule has 1 rings (SSSR count). The van der Waals surface area contributed by atoms with Gasteiger partial charge >= 0.3 is 0 Å². The zero-order valence-electron chi connectivity index (χ0n) is 14.2. The average molecular weight is 275 g/mol. The van der Waals surface area contributed by atoms with E-state index < -0.39 is 0 Å². The third-order valence-corrected chi connectivity index (χ3v) is 4.57. The number of hydrogen-bond acceptors (Lipinski definition) is 1. The summed E-state index contributed by atoms with van der Waals surface area (Å²) in [6.45, 7) is 15.0. The molecule has 0 bridgehead atoms. The van der Waals surface area contributed by atoms with E-state index in [2.05, 4.69) is 57.7 Å². The monoisotopic (exact) mass is 275 g/mol. The summed E-state index contributed by atoms with van der Waals surface area (Å²) in [5.74, 6) is 0.856. The Kier molecular flexibility index (Phi) is 7.91. The maximum atomic E-state index is 2.62. The zero-order valence-corrected chi connectivity index (χ0v) is 14.2. The quantitative estimate of drug-likeness (QED) is 0.598. The van der Waals surface area contributed by atoms with Crippen molar-refractivity contribution in [2.45, 2.75) is 66.8 Å². The van der Waals surface area contributed by atoms with Gasteiger partial charge in [0, 0.05) is 13.1 Å². The minimum absolute atomic E-state index is 0.856. The molecule has 1 aromatic rings. The van der Waals surface area contributed by atoms with Crippen LogP contribution in [0.2, 0.25) is 0 Å². The van der Waals surface area contributed by atoms with Gasteiger partial charge in [0.2, 0.25) is 0 Å². The molecule has 0 aliphatic heterocycles. The molecule has 0 aliphatic carbocycles. The van der Waals surface area contributed by atoms with Crippen LogP contribution in [-0.2, 0) is 13.0 Å². The fourth-order valence-corrected chi connectivity index (χ4v) is 3.04. The summed E-state index contributed by atoms with van der Waals surface area (Å²) < 4.78 is 0. The lowest BCUT2D eigenvalue weighted by molar-refractivity contribution is 0.222. The third-order valence-electron chi connectivity index (χ3n) is 4.57. The molecule has 1 nitrogen and oxygen atoms in total. The molecule has 0 amide bonds. The minimum Gasteiger partial charge on any atom is -0.299 e. The largest absolute Gasteiger partial charge is 0.299 e. The molecule has 0 aromatic heterocycles. The summed E-state index contributed by atoms with van der Waals surface area (Å²) in [6.07, 6.45) is 5.11. The Labute approximate surface area is 126 Å². The summed E-state index contributed by atoms with van der Waals surface area (Å²) in [5.41, 5.74) is 4.51. The Morgan fingerprint density at radius 1 is 1.05 bits per heavy atom. The van der Waals surface area contributed by atoms with Crippen LogP contribution in [0.15, 0.2) is 18.2 Å². The van der Waals surface area contributed by atoms with Crippen LogP contribution < -0.4 is 0 Å². The highest BCUT2D eigenvalue weighted by Gasteiger charge is 2.12. The molecule has 1 heteroatoms. The summed E-state index contributed by atoms with van der Waals surface area (Å²) in [5, 5.41) is 0. The van der Waals surface area contributed by atoms with Gasteiger partial charge in [0.25, 0.3) is 0 Å². The van der Waals surface area contributed by atoms with E-state index in [0.717, 1.165) is 25.4 Å². The van der Waals surface area contributed by atoms with Crippen LogP contribution in [0.25, 0.3) is 0 Å². The van der Waals surface area contributed by atoms with Crippen molar-refractivity contribution in [3.63, 3.8) is 0 Å². The number of aryl methyl sites for hydroxylation is 1. The molecular weight excluding hydrogens is 242 g/mol. The van der Waals surface area contributed by atoms with E-state index in [-0.39, 0.29) is 0 Å². The summed E-state index contributed by atoms with van der Waals surface area (Å²) in [7, 11) is 0. The van der Waals surface area contributed by atoms with Crippen molar-refractivity contribution in [2.75, 3.05) is 13.1 Å². The van der Waals surface area contributed by atoms with Crippen molar-refractivity contribution in [1.82, 2.24) is 4.90 Å². The lowest BCUT2D eigenvalue weighted by atomic mass is 9.98. The van der Waals surface area contributed by atoms with E-state index in [1.54, 1.807) is 0 Å². The second kappa shape index (κ2) is 9.18. The molecule has 0 fully saturated rings. The van der Waals surface area contributed by atoms with Crippen LogP contribution in [0, 0.1) is 12.8 Å². The van der Waals surface area contributed by atoms with Crippen LogP contribution >= 0.6 is 0 Å². The first-order chi connectivity index (χ1) is 9.65. The predicted octanol–water partition coefficient (Wildman–Crippen LogP) is 5.21. The van der Waals surface area contributed by atoms with Crippen molar-refractivity contribution in [3.05, 3.63) is 34.9 Å². The Balaban J connectivity index is 2.73. The Hall–Kier alpha value is -0.820. The fourth-order valence-electron chi connectivity index (χ4n) is 3.04. The summed E-state index contributed by atoms with van der Waals surface area (Å²) in [4.78, 5) is 2.62. The van der Waals surface area contributed by atoms with Gasteiger partial charge in [-0.1, -0.05) is 58.7 Å². The van der Waals surface area contributed by atoms with Gasteiger partial charge in [0.15, 0.2) is 0 Å². The standard InChI is InChI=1S/C19H33N/c1-6-11-17(7-2)14-20(9-4)15-19-13-10-12-18(8-3)16(19)5/h10,12-13,17H,6-9,11,14-15H2,1-5H3. The molecule has 0 heterocycles. The first-order valence-electron chi connectivity index (χ1n) is 8.45. The number of benzene rings is 1. The second-order valence-electron chi connectivity index (χ2n) is 5.95. The molecule has 1 atom stereocenters. The zero-order chi connectivity index (χ0) is 15.0. The van der Waals surface area contributed by atoms with E-state index in [1.807, 2.05) is 0 Å². The van der Waals surface area contributed by atoms with E-state index in [1.165, 1.54) is 42.5 Å². The second-order valence-corrected chi connectivity index (χ2v) is 5.95. The van der Waals surface area contributed by atoms with E-state index in [0.29, 0.717) is 0 Å². The molecule has 0 spiro atoms. The van der Waals surface area contributed by atoms with Gasteiger partial charge < -0.3 is 0 Å². The lowest BCUT2D eigenvalue weighted by Gasteiger charge is -2.26. The Bertz CT molecular complexity index is 383. The van der Waals surface area contributed by atoms with Gasteiger partial charge in [0.1, 0.15) is 0 Å². The van der Waals surface area contributed by atoms with Gasteiger partial charge in [-0.2, -0.15) is 0 Å². The fraction of sp³-hybridized carbons (Fsp3) is 0.684. The highest BCUT2D eigenvalue weighted by Crippen LogP contribution is 2.19. The first-order valence-corrected chi connectivity index (χ1v) is 8.45. The molecule has 0 saturated carbocycles. The molecule has 0 N–H and O–H groups in total. The SMILES string of the molecule is CCCC(CC)CN(CC)Cc1cccc(CC)c1C. The van der Waals surface area contributed by atoms with Crippen molar-refractivity contribution in [1.29, 1.82) is 0 Å². The van der Waals surface area contributed by atoms with Crippen LogP contribution in [-0.4, -0.2) is 18.0 Å². The van der Waals surface area contributed by atoms with Crippen LogP contribution in [0.1, 0.15) is 63.6 Å². The van der Waals surface area contributed by atoms with Crippen molar-refractivity contribution in [2.24, 2.45) is 5.92 Å². The number of hydrogen-bond donors (Lipinski definition) is 0. The van der Waals surface area contributed by atoms with Crippen molar-refractivity contribution in [3.8, 4) is 0 Å². The number of nitrogens with zero attached hydrogens (tertiary/aromatic N) is 1. The van der Waals surface area contributed by atoms with Gasteiger partial charge in [-0.25, -0.2) is 0 Å². The number of rotatable bonds is 9. The highest BCUT2D eigenvalue weighted by atomic mass is 15.1. The maximum absolute atomic E-state index is 2.62. The molecule has 1 unspecified atom stereocenters. The summed E-state index contributed by atoms with van der Waals surface area (Å²) >= 11 is 0. The lowest BCUT2D eigenvalue weighted by Crippen LogP contribution is -2.29. The molecule has 0 aliphatic rings. The van der Waals surface area contributed by atoms with Crippen molar-refractivity contribution < 1.29 is 0 Å². The third kappa shape index (κ3) is 4.94. The molecular formula is C19H33N. The van der Waals surface area contributed by atoms with E-state index >= 15 is 0 Å². The van der Waals surface area contributed by atoms with Gasteiger partial charge in [-0.3, -0.25) is 4.90 Å². The first kappa shape index (κ1) is 17.2. The predicted molar refractivity (Wildman–Crippen MR) is 90.2 cm³/mol. The molecule has 0 radical (unpaired) electrons. The van der Waals surface area contributed by atoms with Crippen LogP contribution in [0.4, 0.5) is 0 Å². The van der Waals surface area contributed by atoms with E-state index in [4.69, 9.17) is 0 Å². The molecule has 20 heavy (non-hydrogen) atoms. The van der Waals surface area contributed by atoms with E-state index in [9.17, 15) is 0 Å². The molecule has 0 saturated heterocycles. The van der Waals surface area contributed by atoms with Crippen LogP contribution in [0.3, 0.4) is 0 Å². The van der Waals surface area contributed by atoms with Gasteiger partial charge in [-0.15, -0.1) is 0 Å². The molecule has 114 valence electrons. The van der Waals surface area contributed by atoms with Crippen LogP contribution in [0.5, 0.6) is 0 Å². The average Bonchev–Trinajstić information content (AvgIpc) is 2.47. The topological polar surface area (TPSA) is 3.24 Å². The molecule has 1 aromatic carbocycles.